The molecule has 1 aliphatic heterocycles. The summed E-state index contributed by atoms with van der Waals surface area (Å²) >= 11 is 0. The fourth-order valence-electron chi connectivity index (χ4n) is 3.26. The highest BCUT2D eigenvalue weighted by atomic mass is 32.2. The zero-order chi connectivity index (χ0) is 21.1. The fourth-order valence-corrected chi connectivity index (χ4v) is 4.32. The first-order valence-corrected chi connectivity index (χ1v) is 10.9. The molecule has 3 aromatic rings. The molecule has 0 bridgehead atoms. The number of hydrogen-bond donors (Lipinski definition) is 1. The van der Waals surface area contributed by atoms with E-state index in [-0.39, 0.29) is 10.8 Å². The third-order valence-electron chi connectivity index (χ3n) is 4.93. The van der Waals surface area contributed by atoms with Crippen molar-refractivity contribution in [3.05, 3.63) is 72.3 Å². The predicted octanol–water partition coefficient (Wildman–Crippen LogP) is 4.12. The molecule has 1 aliphatic rings. The van der Waals surface area contributed by atoms with Crippen molar-refractivity contribution < 1.29 is 21.9 Å². The van der Waals surface area contributed by atoms with Crippen LogP contribution in [0.1, 0.15) is 24.6 Å². The molecule has 1 saturated heterocycles. The van der Waals surface area contributed by atoms with E-state index in [4.69, 9.17) is 4.74 Å². The summed E-state index contributed by atoms with van der Waals surface area (Å²) in [5.74, 6) is -0.538. The van der Waals surface area contributed by atoms with Gasteiger partial charge in [0.25, 0.3) is 10.0 Å². The summed E-state index contributed by atoms with van der Waals surface area (Å²) < 4.78 is 59.5. The van der Waals surface area contributed by atoms with Crippen LogP contribution in [0.25, 0.3) is 11.1 Å². The first-order chi connectivity index (χ1) is 14.4. The van der Waals surface area contributed by atoms with Gasteiger partial charge in [-0.1, -0.05) is 12.1 Å². The molecule has 0 saturated carbocycles. The first-order valence-electron chi connectivity index (χ1n) is 9.40. The molecule has 6 nitrogen and oxygen atoms in total. The molecule has 0 unspecified atom stereocenters. The van der Waals surface area contributed by atoms with E-state index in [9.17, 15) is 17.2 Å². The molecule has 0 aliphatic carbocycles. The van der Waals surface area contributed by atoms with E-state index in [2.05, 4.69) is 14.7 Å². The Hall–Kier alpha value is -2.91. The van der Waals surface area contributed by atoms with Crippen molar-refractivity contribution in [3.8, 4) is 11.1 Å². The van der Waals surface area contributed by atoms with Gasteiger partial charge in [0, 0.05) is 43.2 Å². The SMILES string of the molecule is O=S(=O)(Nc1cc(F)ccc1F)c1ccc(-c2cnc(C3CCOCC3)nc2)cc1. The van der Waals surface area contributed by atoms with E-state index in [1.54, 1.807) is 24.5 Å². The summed E-state index contributed by atoms with van der Waals surface area (Å²) in [5.41, 5.74) is 1.04. The molecule has 1 fully saturated rings. The highest BCUT2D eigenvalue weighted by Gasteiger charge is 2.19. The second-order valence-electron chi connectivity index (χ2n) is 6.97. The number of sulfonamides is 1. The van der Waals surface area contributed by atoms with E-state index in [0.717, 1.165) is 48.0 Å². The summed E-state index contributed by atoms with van der Waals surface area (Å²) in [6, 6.07) is 8.57. The van der Waals surface area contributed by atoms with Crippen molar-refractivity contribution in [1.29, 1.82) is 0 Å². The van der Waals surface area contributed by atoms with Gasteiger partial charge in [-0.2, -0.15) is 0 Å². The lowest BCUT2D eigenvalue weighted by atomic mass is 9.99. The molecular formula is C21H19F2N3O3S. The van der Waals surface area contributed by atoms with Crippen molar-refractivity contribution in [2.24, 2.45) is 0 Å². The molecule has 30 heavy (non-hydrogen) atoms. The first kappa shape index (κ1) is 20.4. The number of hydrogen-bond acceptors (Lipinski definition) is 5. The summed E-state index contributed by atoms with van der Waals surface area (Å²) in [6.07, 6.45) is 5.21. The van der Waals surface area contributed by atoms with Crippen LogP contribution in [-0.4, -0.2) is 31.6 Å². The predicted molar refractivity (Wildman–Crippen MR) is 107 cm³/mol. The summed E-state index contributed by atoms with van der Waals surface area (Å²) in [7, 11) is -4.07. The van der Waals surface area contributed by atoms with Gasteiger partial charge in [0.2, 0.25) is 0 Å². The average molecular weight is 431 g/mol. The van der Waals surface area contributed by atoms with Crippen molar-refractivity contribution in [2.75, 3.05) is 17.9 Å². The lowest BCUT2D eigenvalue weighted by Crippen LogP contribution is -2.16. The average Bonchev–Trinajstić information content (AvgIpc) is 2.77. The van der Waals surface area contributed by atoms with Crippen LogP contribution in [0.3, 0.4) is 0 Å². The monoisotopic (exact) mass is 431 g/mol. The van der Waals surface area contributed by atoms with Crippen molar-refractivity contribution in [3.63, 3.8) is 0 Å². The molecule has 0 amide bonds. The molecule has 0 spiro atoms. The number of aromatic nitrogens is 2. The number of ether oxygens (including phenoxy) is 1. The maximum Gasteiger partial charge on any atom is 0.261 e. The van der Waals surface area contributed by atoms with Crippen LogP contribution in [0.2, 0.25) is 0 Å². The van der Waals surface area contributed by atoms with E-state index < -0.39 is 27.3 Å². The zero-order valence-corrected chi connectivity index (χ0v) is 16.7. The van der Waals surface area contributed by atoms with Crippen LogP contribution < -0.4 is 4.72 Å². The Balaban J connectivity index is 1.51. The van der Waals surface area contributed by atoms with Crippen LogP contribution in [0.4, 0.5) is 14.5 Å². The Labute approximate surface area is 173 Å². The molecule has 2 heterocycles. The molecule has 9 heteroatoms. The quantitative estimate of drug-likeness (QED) is 0.657. The minimum Gasteiger partial charge on any atom is -0.381 e. The lowest BCUT2D eigenvalue weighted by molar-refractivity contribution is 0.0836. The van der Waals surface area contributed by atoms with Crippen molar-refractivity contribution >= 4 is 15.7 Å². The number of nitrogens with zero attached hydrogens (tertiary/aromatic N) is 2. The minimum atomic E-state index is -4.07. The molecule has 4 rings (SSSR count). The number of nitrogens with one attached hydrogen (secondary N) is 1. The second-order valence-corrected chi connectivity index (χ2v) is 8.65. The van der Waals surface area contributed by atoms with Gasteiger partial charge < -0.3 is 4.74 Å². The molecule has 2 aromatic carbocycles. The second kappa shape index (κ2) is 8.45. The van der Waals surface area contributed by atoms with Gasteiger partial charge in [-0.3, -0.25) is 4.72 Å². The van der Waals surface area contributed by atoms with Crippen molar-refractivity contribution in [2.45, 2.75) is 23.7 Å². The van der Waals surface area contributed by atoms with Crippen molar-refractivity contribution in [1.82, 2.24) is 9.97 Å². The maximum atomic E-state index is 13.8. The number of rotatable bonds is 5. The summed E-state index contributed by atoms with van der Waals surface area (Å²) in [6.45, 7) is 1.42. The topological polar surface area (TPSA) is 81.2 Å². The summed E-state index contributed by atoms with van der Waals surface area (Å²) in [5, 5.41) is 0. The number of halogens is 2. The van der Waals surface area contributed by atoms with Crippen LogP contribution in [0.15, 0.2) is 59.8 Å². The van der Waals surface area contributed by atoms with E-state index >= 15 is 0 Å². The maximum absolute atomic E-state index is 13.8. The van der Waals surface area contributed by atoms with Gasteiger partial charge in [0.05, 0.1) is 10.6 Å². The third-order valence-corrected chi connectivity index (χ3v) is 6.31. The molecule has 0 radical (unpaired) electrons. The van der Waals surface area contributed by atoms with Gasteiger partial charge in [-0.15, -0.1) is 0 Å². The number of benzene rings is 2. The Morgan fingerprint density at radius 3 is 2.27 bits per heavy atom. The highest BCUT2D eigenvalue weighted by Crippen LogP contribution is 2.26. The minimum absolute atomic E-state index is 0.0744. The Kier molecular flexibility index (Phi) is 5.74. The van der Waals surface area contributed by atoms with Crippen LogP contribution in [-0.2, 0) is 14.8 Å². The highest BCUT2D eigenvalue weighted by molar-refractivity contribution is 7.92. The Morgan fingerprint density at radius 2 is 1.60 bits per heavy atom. The van der Waals surface area contributed by atoms with E-state index in [1.165, 1.54) is 12.1 Å². The standard InChI is InChI=1S/C21H19F2N3O3S/c22-17-3-6-19(23)20(11-17)26-30(27,28)18-4-1-14(2-5-18)16-12-24-21(25-13-16)15-7-9-29-10-8-15/h1-6,11-13,15,26H,7-10H2. The van der Waals surface area contributed by atoms with Crippen LogP contribution >= 0.6 is 0 Å². The fraction of sp³-hybridized carbons (Fsp3) is 0.238. The largest absolute Gasteiger partial charge is 0.381 e. The zero-order valence-electron chi connectivity index (χ0n) is 15.9. The van der Waals surface area contributed by atoms with Gasteiger partial charge >= 0.3 is 0 Å². The summed E-state index contributed by atoms with van der Waals surface area (Å²) in [4.78, 5) is 8.82. The van der Waals surface area contributed by atoms with E-state index in [0.29, 0.717) is 13.2 Å². The Bertz CT molecular complexity index is 1130. The van der Waals surface area contributed by atoms with Gasteiger partial charge in [-0.05, 0) is 42.7 Å². The van der Waals surface area contributed by atoms with Gasteiger partial charge in [0.1, 0.15) is 17.5 Å². The lowest BCUT2D eigenvalue weighted by Gasteiger charge is -2.20. The normalized spacial score (nSPS) is 15.1. The molecule has 1 aromatic heterocycles. The Morgan fingerprint density at radius 1 is 0.933 bits per heavy atom. The molecule has 1 N–H and O–H groups in total. The van der Waals surface area contributed by atoms with Crippen LogP contribution in [0.5, 0.6) is 0 Å². The molecule has 156 valence electrons. The van der Waals surface area contributed by atoms with E-state index in [1.807, 2.05) is 0 Å². The molecular weight excluding hydrogens is 412 g/mol. The number of anilines is 1. The van der Waals surface area contributed by atoms with Gasteiger partial charge in [-0.25, -0.2) is 27.2 Å². The van der Waals surface area contributed by atoms with Crippen LogP contribution in [0, 0.1) is 11.6 Å². The smallest absolute Gasteiger partial charge is 0.261 e. The van der Waals surface area contributed by atoms with Gasteiger partial charge in [0.15, 0.2) is 0 Å². The molecule has 0 atom stereocenters. The third kappa shape index (κ3) is 4.47.